The lowest BCUT2D eigenvalue weighted by Crippen LogP contribution is -2.37. The molecule has 0 radical (unpaired) electrons. The SMILES string of the molecule is CN(CC1CC(c2ccccc2)=NO1)C(=O)Nc1cccc2ccccc12. The largest absolute Gasteiger partial charge is 0.390 e. The predicted molar refractivity (Wildman–Crippen MR) is 108 cm³/mol. The first-order valence-electron chi connectivity index (χ1n) is 8.99. The number of benzene rings is 3. The summed E-state index contributed by atoms with van der Waals surface area (Å²) in [6.07, 6.45) is 0.555. The molecule has 5 nitrogen and oxygen atoms in total. The van der Waals surface area contributed by atoms with Crippen LogP contribution in [0.3, 0.4) is 0 Å². The van der Waals surface area contributed by atoms with Gasteiger partial charge < -0.3 is 15.1 Å². The van der Waals surface area contributed by atoms with E-state index in [1.165, 1.54) is 0 Å². The van der Waals surface area contributed by atoms with E-state index in [9.17, 15) is 4.79 Å². The van der Waals surface area contributed by atoms with Crippen molar-refractivity contribution in [3.05, 3.63) is 78.4 Å². The molecule has 0 aliphatic carbocycles. The minimum atomic E-state index is -0.164. The van der Waals surface area contributed by atoms with Crippen molar-refractivity contribution in [2.75, 3.05) is 18.9 Å². The minimum absolute atomic E-state index is 0.136. The van der Waals surface area contributed by atoms with Crippen molar-refractivity contribution in [1.82, 2.24) is 4.90 Å². The van der Waals surface area contributed by atoms with Crippen molar-refractivity contribution in [3.8, 4) is 0 Å². The number of nitrogens with zero attached hydrogens (tertiary/aromatic N) is 2. The normalized spacial score (nSPS) is 15.9. The van der Waals surface area contributed by atoms with Gasteiger partial charge in [0.15, 0.2) is 6.10 Å². The summed E-state index contributed by atoms with van der Waals surface area (Å²) in [4.78, 5) is 19.8. The van der Waals surface area contributed by atoms with Crippen molar-refractivity contribution in [2.45, 2.75) is 12.5 Å². The van der Waals surface area contributed by atoms with Crippen molar-refractivity contribution in [1.29, 1.82) is 0 Å². The third-order valence-corrected chi connectivity index (χ3v) is 4.70. The quantitative estimate of drug-likeness (QED) is 0.746. The van der Waals surface area contributed by atoms with Gasteiger partial charge in [-0.05, 0) is 17.0 Å². The second-order valence-electron chi connectivity index (χ2n) is 6.67. The molecule has 4 rings (SSSR count). The molecule has 1 unspecified atom stereocenters. The Labute approximate surface area is 158 Å². The first-order valence-corrected chi connectivity index (χ1v) is 8.99. The molecular formula is C22H21N3O2. The topological polar surface area (TPSA) is 53.9 Å². The molecule has 136 valence electrons. The highest BCUT2D eigenvalue weighted by Gasteiger charge is 2.25. The molecule has 2 amide bonds. The number of fused-ring (bicyclic) bond motifs is 1. The maximum absolute atomic E-state index is 12.6. The average Bonchev–Trinajstić information content (AvgIpc) is 3.17. The molecule has 3 aromatic carbocycles. The van der Waals surface area contributed by atoms with Crippen LogP contribution in [0.5, 0.6) is 0 Å². The third-order valence-electron chi connectivity index (χ3n) is 4.70. The van der Waals surface area contributed by atoms with E-state index in [1.54, 1.807) is 11.9 Å². The fourth-order valence-electron chi connectivity index (χ4n) is 3.26. The molecule has 3 aromatic rings. The monoisotopic (exact) mass is 359 g/mol. The van der Waals surface area contributed by atoms with Crippen LogP contribution in [0.25, 0.3) is 10.8 Å². The molecule has 27 heavy (non-hydrogen) atoms. The minimum Gasteiger partial charge on any atom is -0.390 e. The second kappa shape index (κ2) is 7.50. The van der Waals surface area contributed by atoms with Crippen LogP contribution in [0.15, 0.2) is 78.0 Å². The molecule has 0 fully saturated rings. The molecule has 0 saturated carbocycles. The molecule has 0 aromatic heterocycles. The lowest BCUT2D eigenvalue weighted by Gasteiger charge is -2.21. The predicted octanol–water partition coefficient (Wildman–Crippen LogP) is 4.50. The number of hydrogen-bond acceptors (Lipinski definition) is 3. The summed E-state index contributed by atoms with van der Waals surface area (Å²) in [7, 11) is 1.77. The molecule has 1 aliphatic heterocycles. The van der Waals surface area contributed by atoms with Crippen LogP contribution < -0.4 is 5.32 Å². The van der Waals surface area contributed by atoms with E-state index in [-0.39, 0.29) is 12.1 Å². The Bertz CT molecular complexity index is 980. The van der Waals surface area contributed by atoms with Crippen LogP contribution in [-0.2, 0) is 4.84 Å². The first kappa shape index (κ1) is 17.1. The number of likely N-dealkylation sites (N-methyl/N-ethyl adjacent to an activating group) is 1. The van der Waals surface area contributed by atoms with Gasteiger partial charge in [-0.1, -0.05) is 71.9 Å². The van der Waals surface area contributed by atoms with Gasteiger partial charge in [-0.3, -0.25) is 0 Å². The summed E-state index contributed by atoms with van der Waals surface area (Å²) in [5.41, 5.74) is 2.78. The van der Waals surface area contributed by atoms with E-state index in [0.717, 1.165) is 27.7 Å². The summed E-state index contributed by atoms with van der Waals surface area (Å²) >= 11 is 0. The van der Waals surface area contributed by atoms with Gasteiger partial charge in [-0.25, -0.2) is 4.79 Å². The smallest absolute Gasteiger partial charge is 0.321 e. The van der Waals surface area contributed by atoms with Crippen LogP contribution >= 0.6 is 0 Å². The van der Waals surface area contributed by atoms with Gasteiger partial charge in [0.2, 0.25) is 0 Å². The average molecular weight is 359 g/mol. The number of carbonyl (C=O) groups excluding carboxylic acids is 1. The number of rotatable bonds is 4. The summed E-state index contributed by atoms with van der Waals surface area (Å²) in [6.45, 7) is 0.469. The first-order chi connectivity index (χ1) is 13.2. The van der Waals surface area contributed by atoms with Crippen molar-refractivity contribution in [3.63, 3.8) is 0 Å². The van der Waals surface area contributed by atoms with E-state index < -0.39 is 0 Å². The highest BCUT2D eigenvalue weighted by Crippen LogP contribution is 2.23. The standard InChI is InChI=1S/C22H21N3O2/c1-25(15-18-14-21(24-27-18)17-9-3-2-4-10-17)22(26)23-20-13-7-11-16-8-5-6-12-19(16)20/h2-13,18H,14-15H2,1H3,(H,23,26). The Morgan fingerprint density at radius 2 is 1.81 bits per heavy atom. The van der Waals surface area contributed by atoms with E-state index in [4.69, 9.17) is 4.84 Å². The third kappa shape index (κ3) is 3.77. The van der Waals surface area contributed by atoms with Crippen LogP contribution in [0.2, 0.25) is 0 Å². The number of anilines is 1. The van der Waals surface area contributed by atoms with Gasteiger partial charge >= 0.3 is 6.03 Å². The van der Waals surface area contributed by atoms with E-state index >= 15 is 0 Å². The Morgan fingerprint density at radius 1 is 1.07 bits per heavy atom. The Morgan fingerprint density at radius 3 is 2.67 bits per heavy atom. The number of amides is 2. The Balaban J connectivity index is 1.38. The molecule has 0 spiro atoms. The maximum Gasteiger partial charge on any atom is 0.321 e. The Kier molecular flexibility index (Phi) is 4.75. The molecule has 5 heteroatoms. The molecule has 1 heterocycles. The zero-order valence-corrected chi connectivity index (χ0v) is 15.1. The second-order valence-corrected chi connectivity index (χ2v) is 6.67. The van der Waals surface area contributed by atoms with Gasteiger partial charge in [-0.15, -0.1) is 0 Å². The maximum atomic E-state index is 12.6. The molecule has 1 N–H and O–H groups in total. The van der Waals surface area contributed by atoms with Crippen LogP contribution in [-0.4, -0.2) is 36.3 Å². The van der Waals surface area contributed by atoms with Gasteiger partial charge in [-0.2, -0.15) is 0 Å². The fraction of sp³-hybridized carbons (Fsp3) is 0.182. The lowest BCUT2D eigenvalue weighted by molar-refractivity contribution is 0.0672. The summed E-state index contributed by atoms with van der Waals surface area (Å²) in [5, 5.41) is 9.30. The van der Waals surface area contributed by atoms with E-state index in [1.807, 2.05) is 72.8 Å². The highest BCUT2D eigenvalue weighted by atomic mass is 16.6. The van der Waals surface area contributed by atoms with Gasteiger partial charge in [0.05, 0.1) is 17.9 Å². The highest BCUT2D eigenvalue weighted by molar-refractivity contribution is 6.02. The molecule has 0 saturated heterocycles. The Hall–Kier alpha value is -3.34. The number of nitrogens with one attached hydrogen (secondary N) is 1. The van der Waals surface area contributed by atoms with Crippen molar-refractivity contribution < 1.29 is 9.63 Å². The van der Waals surface area contributed by atoms with Crippen LogP contribution in [0.4, 0.5) is 10.5 Å². The molecule has 1 aliphatic rings. The van der Waals surface area contributed by atoms with Crippen molar-refractivity contribution in [2.24, 2.45) is 5.16 Å². The van der Waals surface area contributed by atoms with E-state index in [2.05, 4.69) is 10.5 Å². The molecule has 0 bridgehead atoms. The van der Waals surface area contributed by atoms with Crippen molar-refractivity contribution >= 4 is 28.2 Å². The number of carbonyl (C=O) groups is 1. The lowest BCUT2D eigenvalue weighted by atomic mass is 10.1. The summed E-state index contributed by atoms with van der Waals surface area (Å²) in [6, 6.07) is 23.7. The van der Waals surface area contributed by atoms with Gasteiger partial charge in [0.1, 0.15) is 0 Å². The number of oxime groups is 1. The molecule has 1 atom stereocenters. The summed E-state index contributed by atoms with van der Waals surface area (Å²) in [5.74, 6) is 0. The number of hydrogen-bond donors (Lipinski definition) is 1. The van der Waals surface area contributed by atoms with Crippen LogP contribution in [0, 0.1) is 0 Å². The van der Waals surface area contributed by atoms with Crippen LogP contribution in [0.1, 0.15) is 12.0 Å². The zero-order chi connectivity index (χ0) is 18.6. The van der Waals surface area contributed by atoms with E-state index in [0.29, 0.717) is 13.0 Å². The fourth-order valence-corrected chi connectivity index (χ4v) is 3.26. The van der Waals surface area contributed by atoms with Gasteiger partial charge in [0.25, 0.3) is 0 Å². The molecular weight excluding hydrogens is 338 g/mol. The van der Waals surface area contributed by atoms with Gasteiger partial charge in [0, 0.05) is 18.9 Å². The zero-order valence-electron chi connectivity index (χ0n) is 15.1. The summed E-state index contributed by atoms with van der Waals surface area (Å²) < 4.78 is 0. The number of urea groups is 1.